The van der Waals surface area contributed by atoms with Crippen molar-refractivity contribution >= 4 is 11.9 Å². The number of carboxylic acid groups (broad SMARTS) is 1. The van der Waals surface area contributed by atoms with Crippen LogP contribution in [-0.2, 0) is 19.1 Å². The number of amides is 1. The lowest BCUT2D eigenvalue weighted by atomic mass is 9.85. The third kappa shape index (κ3) is 2.88. The second-order valence-corrected chi connectivity index (χ2v) is 5.22. The highest BCUT2D eigenvalue weighted by Gasteiger charge is 2.46. The number of nitrogens with two attached hydrogens (primary N) is 1. The van der Waals surface area contributed by atoms with E-state index in [1.54, 1.807) is 0 Å². The Hall–Kier alpha value is -1.18. The molecule has 2 aliphatic rings. The smallest absolute Gasteiger partial charge is 0.329 e. The fraction of sp³-hybridized carbons (Fsp3) is 0.833. The summed E-state index contributed by atoms with van der Waals surface area (Å²) in [7, 11) is 0. The second-order valence-electron chi connectivity index (χ2n) is 5.22. The average Bonchev–Trinajstić information content (AvgIpc) is 2.40. The topological polar surface area (TPSA) is 111 Å². The first-order chi connectivity index (χ1) is 8.99. The first-order valence-electron chi connectivity index (χ1n) is 6.49. The molecule has 0 aromatic rings. The van der Waals surface area contributed by atoms with E-state index in [-0.39, 0.29) is 12.8 Å². The Balaban J connectivity index is 2.08. The monoisotopic (exact) mass is 272 g/mol. The van der Waals surface area contributed by atoms with Crippen LogP contribution in [0, 0.1) is 0 Å². The van der Waals surface area contributed by atoms with Crippen molar-refractivity contribution in [1.29, 1.82) is 0 Å². The lowest BCUT2D eigenvalue weighted by Gasteiger charge is -2.39. The highest BCUT2D eigenvalue weighted by molar-refractivity contribution is 5.92. The van der Waals surface area contributed by atoms with Crippen LogP contribution < -0.4 is 11.1 Å². The molecule has 2 heterocycles. The number of rotatable bonds is 3. The Morgan fingerprint density at radius 3 is 1.95 bits per heavy atom. The summed E-state index contributed by atoms with van der Waals surface area (Å²) in [4.78, 5) is 23.8. The van der Waals surface area contributed by atoms with Gasteiger partial charge in [-0.2, -0.15) is 0 Å². The molecule has 0 radical (unpaired) electrons. The summed E-state index contributed by atoms with van der Waals surface area (Å²) in [6.45, 7) is 1.50. The quantitative estimate of drug-likeness (QED) is 0.623. The Morgan fingerprint density at radius 1 is 1.00 bits per heavy atom. The van der Waals surface area contributed by atoms with Gasteiger partial charge in [-0.3, -0.25) is 4.79 Å². The minimum Gasteiger partial charge on any atom is -0.480 e. The normalized spacial score (nSPS) is 25.5. The molecule has 0 saturated carbocycles. The van der Waals surface area contributed by atoms with E-state index in [4.69, 9.17) is 15.2 Å². The van der Waals surface area contributed by atoms with Gasteiger partial charge in [-0.05, 0) is 12.8 Å². The van der Waals surface area contributed by atoms with Gasteiger partial charge in [0.1, 0.15) is 5.54 Å². The van der Waals surface area contributed by atoms with E-state index in [2.05, 4.69) is 5.32 Å². The first kappa shape index (κ1) is 14.2. The number of carbonyl (C=O) groups is 2. The lowest BCUT2D eigenvalue weighted by Crippen LogP contribution is -2.65. The SMILES string of the molecule is NC1(C(=O)NC2(C(=O)O)CCOCC2)CCOCC1. The largest absolute Gasteiger partial charge is 0.480 e. The number of ether oxygens (including phenoxy) is 2. The second kappa shape index (κ2) is 5.44. The van der Waals surface area contributed by atoms with Crippen molar-refractivity contribution in [3.05, 3.63) is 0 Å². The highest BCUT2D eigenvalue weighted by Crippen LogP contribution is 2.24. The summed E-state index contributed by atoms with van der Waals surface area (Å²) >= 11 is 0. The van der Waals surface area contributed by atoms with Crippen molar-refractivity contribution in [2.24, 2.45) is 5.73 Å². The van der Waals surface area contributed by atoms with Crippen LogP contribution in [0.25, 0.3) is 0 Å². The molecule has 0 unspecified atom stereocenters. The summed E-state index contributed by atoms with van der Waals surface area (Å²) in [6.07, 6.45) is 1.34. The van der Waals surface area contributed by atoms with Gasteiger partial charge in [-0.15, -0.1) is 0 Å². The minimum atomic E-state index is -1.25. The number of carbonyl (C=O) groups excluding carboxylic acids is 1. The van der Waals surface area contributed by atoms with Gasteiger partial charge in [-0.1, -0.05) is 0 Å². The third-order valence-electron chi connectivity index (χ3n) is 3.95. The van der Waals surface area contributed by atoms with Gasteiger partial charge in [0.2, 0.25) is 5.91 Å². The van der Waals surface area contributed by atoms with Crippen LogP contribution in [0.2, 0.25) is 0 Å². The van der Waals surface area contributed by atoms with E-state index >= 15 is 0 Å². The fourth-order valence-corrected chi connectivity index (χ4v) is 2.42. The predicted molar refractivity (Wildman–Crippen MR) is 65.5 cm³/mol. The van der Waals surface area contributed by atoms with Gasteiger partial charge in [0.15, 0.2) is 0 Å². The van der Waals surface area contributed by atoms with Crippen LogP contribution in [0.1, 0.15) is 25.7 Å². The van der Waals surface area contributed by atoms with E-state index in [0.717, 1.165) is 0 Å². The van der Waals surface area contributed by atoms with Crippen LogP contribution in [0.15, 0.2) is 0 Å². The molecule has 0 spiro atoms. The summed E-state index contributed by atoms with van der Waals surface area (Å²) in [5, 5.41) is 12.0. The average molecular weight is 272 g/mol. The molecule has 2 aliphatic heterocycles. The molecule has 2 fully saturated rings. The number of hydrogen-bond donors (Lipinski definition) is 3. The molecule has 108 valence electrons. The molecule has 1 amide bonds. The lowest BCUT2D eigenvalue weighted by molar-refractivity contribution is -0.153. The summed E-state index contributed by atoms with van der Waals surface area (Å²) in [5.41, 5.74) is 3.78. The Labute approximate surface area is 111 Å². The molecular weight excluding hydrogens is 252 g/mol. The molecule has 2 saturated heterocycles. The zero-order chi connectivity index (χ0) is 13.9. The zero-order valence-corrected chi connectivity index (χ0v) is 10.8. The molecule has 4 N–H and O–H groups in total. The highest BCUT2D eigenvalue weighted by atomic mass is 16.5. The number of hydrogen-bond acceptors (Lipinski definition) is 5. The molecule has 7 nitrogen and oxygen atoms in total. The van der Waals surface area contributed by atoms with Crippen LogP contribution >= 0.6 is 0 Å². The Kier molecular flexibility index (Phi) is 4.07. The maximum absolute atomic E-state index is 12.3. The summed E-state index contributed by atoms with van der Waals surface area (Å²) in [5.74, 6) is -1.43. The van der Waals surface area contributed by atoms with Crippen LogP contribution in [0.5, 0.6) is 0 Å². The van der Waals surface area contributed by atoms with Gasteiger partial charge in [0, 0.05) is 39.3 Å². The summed E-state index contributed by atoms with van der Waals surface area (Å²) < 4.78 is 10.3. The van der Waals surface area contributed by atoms with E-state index in [1.165, 1.54) is 0 Å². The molecule has 7 heteroatoms. The van der Waals surface area contributed by atoms with Gasteiger partial charge in [-0.25, -0.2) is 4.79 Å². The standard InChI is InChI=1S/C12H20N2O5/c13-11(1-5-18-6-2-11)9(15)14-12(10(16)17)3-7-19-8-4-12/h1-8,13H2,(H,14,15)(H,16,17). The molecule has 0 bridgehead atoms. The Bertz CT molecular complexity index is 359. The zero-order valence-electron chi connectivity index (χ0n) is 10.8. The van der Waals surface area contributed by atoms with E-state index in [9.17, 15) is 14.7 Å². The number of nitrogens with one attached hydrogen (secondary N) is 1. The van der Waals surface area contributed by atoms with Crippen molar-refractivity contribution in [2.45, 2.75) is 36.8 Å². The Morgan fingerprint density at radius 2 is 1.47 bits per heavy atom. The van der Waals surface area contributed by atoms with Gasteiger partial charge in [0.25, 0.3) is 0 Å². The molecular formula is C12H20N2O5. The number of carboxylic acids is 1. The number of aliphatic carboxylic acids is 1. The van der Waals surface area contributed by atoms with Crippen LogP contribution in [-0.4, -0.2) is 54.5 Å². The van der Waals surface area contributed by atoms with Gasteiger partial charge >= 0.3 is 5.97 Å². The molecule has 0 aliphatic carbocycles. The van der Waals surface area contributed by atoms with E-state index in [0.29, 0.717) is 39.3 Å². The van der Waals surface area contributed by atoms with Crippen molar-refractivity contribution in [1.82, 2.24) is 5.32 Å². The fourth-order valence-electron chi connectivity index (χ4n) is 2.42. The van der Waals surface area contributed by atoms with Crippen LogP contribution in [0.3, 0.4) is 0 Å². The maximum Gasteiger partial charge on any atom is 0.329 e. The van der Waals surface area contributed by atoms with Gasteiger partial charge < -0.3 is 25.6 Å². The molecule has 0 aromatic carbocycles. The maximum atomic E-state index is 12.3. The van der Waals surface area contributed by atoms with Crippen molar-refractivity contribution in [3.63, 3.8) is 0 Å². The van der Waals surface area contributed by atoms with Crippen molar-refractivity contribution < 1.29 is 24.2 Å². The van der Waals surface area contributed by atoms with Crippen molar-refractivity contribution in [2.75, 3.05) is 26.4 Å². The molecule has 0 atom stereocenters. The first-order valence-corrected chi connectivity index (χ1v) is 6.49. The summed E-state index contributed by atoms with van der Waals surface area (Å²) in [6, 6.07) is 0. The molecule has 0 aromatic heterocycles. The van der Waals surface area contributed by atoms with Gasteiger partial charge in [0.05, 0.1) is 5.54 Å². The third-order valence-corrected chi connectivity index (χ3v) is 3.95. The van der Waals surface area contributed by atoms with E-state index < -0.39 is 23.0 Å². The predicted octanol–water partition coefficient (Wildman–Crippen LogP) is -0.756. The minimum absolute atomic E-state index is 0.265. The van der Waals surface area contributed by atoms with Crippen LogP contribution in [0.4, 0.5) is 0 Å². The van der Waals surface area contributed by atoms with E-state index in [1.807, 2.05) is 0 Å². The molecule has 2 rings (SSSR count). The van der Waals surface area contributed by atoms with Crippen molar-refractivity contribution in [3.8, 4) is 0 Å². The molecule has 19 heavy (non-hydrogen) atoms.